The highest BCUT2D eigenvalue weighted by Gasteiger charge is 2.30. The van der Waals surface area contributed by atoms with Crippen LogP contribution in [-0.2, 0) is 9.59 Å². The number of carbonyl (C=O) groups is 3. The molecule has 33 heavy (non-hydrogen) atoms. The van der Waals surface area contributed by atoms with E-state index < -0.39 is 12.1 Å². The van der Waals surface area contributed by atoms with Gasteiger partial charge in [-0.05, 0) is 44.7 Å². The molecule has 9 nitrogen and oxygen atoms in total. The van der Waals surface area contributed by atoms with Gasteiger partial charge in [0.25, 0.3) is 0 Å². The average Bonchev–Trinajstić information content (AvgIpc) is 2.84. The first-order chi connectivity index (χ1) is 16.0. The number of anilines is 1. The van der Waals surface area contributed by atoms with Crippen LogP contribution in [0.1, 0.15) is 51.9 Å². The zero-order chi connectivity index (χ0) is 23.2. The lowest BCUT2D eigenvalue weighted by atomic mass is 9.88. The molecule has 4 rings (SSSR count). The second-order valence-corrected chi connectivity index (χ2v) is 9.13. The van der Waals surface area contributed by atoms with Gasteiger partial charge in [0.2, 0.25) is 11.8 Å². The molecule has 1 unspecified atom stereocenters. The highest BCUT2D eigenvalue weighted by Crippen LogP contribution is 2.32. The van der Waals surface area contributed by atoms with E-state index in [2.05, 4.69) is 20.9 Å². The van der Waals surface area contributed by atoms with Crippen LogP contribution in [0.25, 0.3) is 0 Å². The molecule has 3 N–H and O–H groups in total. The largest absolute Gasteiger partial charge is 0.486 e. The fourth-order valence-electron chi connectivity index (χ4n) is 4.78. The monoisotopic (exact) mass is 458 g/mol. The summed E-state index contributed by atoms with van der Waals surface area (Å²) < 4.78 is 11.0. The predicted octanol–water partition coefficient (Wildman–Crippen LogP) is 2.66. The highest BCUT2D eigenvalue weighted by atomic mass is 16.6. The Kier molecular flexibility index (Phi) is 7.69. The van der Waals surface area contributed by atoms with Crippen molar-refractivity contribution in [1.82, 2.24) is 15.5 Å². The predicted molar refractivity (Wildman–Crippen MR) is 123 cm³/mol. The molecule has 3 aliphatic rings. The Morgan fingerprint density at radius 3 is 2.39 bits per heavy atom. The van der Waals surface area contributed by atoms with Crippen LogP contribution >= 0.6 is 0 Å². The number of hydrogen-bond donors (Lipinski definition) is 3. The zero-order valence-corrected chi connectivity index (χ0v) is 19.2. The molecule has 1 saturated carbocycles. The van der Waals surface area contributed by atoms with Gasteiger partial charge in [-0.3, -0.25) is 19.8 Å². The zero-order valence-electron chi connectivity index (χ0n) is 19.2. The topological polar surface area (TPSA) is 109 Å². The van der Waals surface area contributed by atoms with E-state index in [1.807, 2.05) is 0 Å². The van der Waals surface area contributed by atoms with Crippen LogP contribution in [0.2, 0.25) is 0 Å². The van der Waals surface area contributed by atoms with Gasteiger partial charge in [0.15, 0.2) is 11.5 Å². The number of likely N-dealkylation sites (tertiary alicyclic amines) is 1. The second kappa shape index (κ2) is 10.9. The van der Waals surface area contributed by atoms with Crippen LogP contribution in [0, 0.1) is 5.92 Å². The summed E-state index contributed by atoms with van der Waals surface area (Å²) in [6.07, 6.45) is 7.12. The van der Waals surface area contributed by atoms with Gasteiger partial charge in [0.1, 0.15) is 13.2 Å². The molecule has 1 aromatic carbocycles. The van der Waals surface area contributed by atoms with Gasteiger partial charge < -0.3 is 20.1 Å². The number of amides is 4. The van der Waals surface area contributed by atoms with Crippen molar-refractivity contribution < 1.29 is 23.9 Å². The Morgan fingerprint density at radius 1 is 0.970 bits per heavy atom. The van der Waals surface area contributed by atoms with Crippen LogP contribution in [0.4, 0.5) is 10.5 Å². The van der Waals surface area contributed by atoms with Crippen molar-refractivity contribution >= 4 is 23.5 Å². The van der Waals surface area contributed by atoms with Gasteiger partial charge in [0, 0.05) is 36.8 Å². The maximum Gasteiger partial charge on any atom is 0.325 e. The van der Waals surface area contributed by atoms with Gasteiger partial charge in [-0.25, -0.2) is 4.79 Å². The minimum atomic E-state index is -0.585. The normalized spacial score (nSPS) is 20.5. The molecule has 0 bridgehead atoms. The summed E-state index contributed by atoms with van der Waals surface area (Å²) in [6, 6.07) is 4.24. The van der Waals surface area contributed by atoms with Crippen molar-refractivity contribution in [2.24, 2.45) is 5.92 Å². The Hall–Kier alpha value is -2.81. The van der Waals surface area contributed by atoms with Gasteiger partial charge in [-0.2, -0.15) is 0 Å². The number of carbonyl (C=O) groups excluding carboxylic acids is 3. The van der Waals surface area contributed by atoms with Gasteiger partial charge in [-0.15, -0.1) is 0 Å². The lowest BCUT2D eigenvalue weighted by Gasteiger charge is -2.36. The summed E-state index contributed by atoms with van der Waals surface area (Å²) in [6.45, 7) is 4.16. The smallest absolute Gasteiger partial charge is 0.325 e. The third-order valence-electron chi connectivity index (χ3n) is 6.82. The molecular formula is C24H34N4O5. The molecule has 1 atom stereocenters. The number of benzene rings is 1. The summed E-state index contributed by atoms with van der Waals surface area (Å²) in [5.41, 5.74) is 0.520. The van der Waals surface area contributed by atoms with E-state index in [1.54, 1.807) is 25.1 Å². The number of nitrogens with zero attached hydrogens (tertiary/aromatic N) is 1. The van der Waals surface area contributed by atoms with Gasteiger partial charge >= 0.3 is 6.03 Å². The van der Waals surface area contributed by atoms with Gasteiger partial charge in [-0.1, -0.05) is 19.3 Å². The number of rotatable bonds is 5. The summed E-state index contributed by atoms with van der Waals surface area (Å²) in [5, 5.41) is 8.30. The minimum absolute atomic E-state index is 0.157. The van der Waals surface area contributed by atoms with E-state index in [9.17, 15) is 14.4 Å². The third kappa shape index (κ3) is 6.16. The maximum absolute atomic E-state index is 12.6. The number of piperidine rings is 1. The Labute approximate surface area is 194 Å². The molecule has 2 aliphatic heterocycles. The number of ether oxygens (including phenoxy) is 2. The molecule has 4 amide bonds. The van der Waals surface area contributed by atoms with Crippen molar-refractivity contribution in [3.05, 3.63) is 18.2 Å². The molecule has 9 heteroatoms. The summed E-state index contributed by atoms with van der Waals surface area (Å²) >= 11 is 0. The number of imide groups is 1. The van der Waals surface area contributed by atoms with E-state index in [0.29, 0.717) is 43.5 Å². The Balaban J connectivity index is 1.20. The van der Waals surface area contributed by atoms with E-state index in [4.69, 9.17) is 9.47 Å². The van der Waals surface area contributed by atoms with E-state index in [-0.39, 0.29) is 23.8 Å². The molecule has 1 saturated heterocycles. The summed E-state index contributed by atoms with van der Waals surface area (Å²) in [5.74, 6) is 1.20. The van der Waals surface area contributed by atoms with E-state index in [0.717, 1.165) is 38.5 Å². The minimum Gasteiger partial charge on any atom is -0.486 e. The van der Waals surface area contributed by atoms with E-state index >= 15 is 0 Å². The summed E-state index contributed by atoms with van der Waals surface area (Å²) in [7, 11) is 0. The first kappa shape index (κ1) is 23.4. The van der Waals surface area contributed by atoms with Crippen molar-refractivity contribution in [3.63, 3.8) is 0 Å². The molecular weight excluding hydrogens is 424 g/mol. The van der Waals surface area contributed by atoms with Crippen LogP contribution < -0.4 is 25.4 Å². The first-order valence-electron chi connectivity index (χ1n) is 12.1. The van der Waals surface area contributed by atoms with Crippen LogP contribution in [0.15, 0.2) is 18.2 Å². The summed E-state index contributed by atoms with van der Waals surface area (Å²) in [4.78, 5) is 39.5. The van der Waals surface area contributed by atoms with Crippen molar-refractivity contribution in [2.75, 3.05) is 31.6 Å². The fraction of sp³-hybridized carbons (Fsp3) is 0.625. The lowest BCUT2D eigenvalue weighted by molar-refractivity contribution is -0.128. The van der Waals surface area contributed by atoms with E-state index in [1.165, 1.54) is 6.42 Å². The lowest BCUT2D eigenvalue weighted by Crippen LogP contribution is -2.53. The molecule has 0 spiro atoms. The molecule has 2 heterocycles. The number of fused-ring (bicyclic) bond motifs is 1. The van der Waals surface area contributed by atoms with Crippen LogP contribution in [-0.4, -0.2) is 61.1 Å². The van der Waals surface area contributed by atoms with Crippen molar-refractivity contribution in [3.8, 4) is 11.5 Å². The van der Waals surface area contributed by atoms with Crippen molar-refractivity contribution in [2.45, 2.75) is 64.0 Å². The third-order valence-corrected chi connectivity index (χ3v) is 6.82. The highest BCUT2D eigenvalue weighted by molar-refractivity contribution is 6.02. The quantitative estimate of drug-likeness (QED) is 0.626. The molecule has 180 valence electrons. The molecule has 0 radical (unpaired) electrons. The number of hydrogen-bond acceptors (Lipinski definition) is 6. The van der Waals surface area contributed by atoms with Crippen molar-refractivity contribution in [1.29, 1.82) is 0 Å². The maximum atomic E-state index is 12.6. The number of urea groups is 1. The van der Waals surface area contributed by atoms with Gasteiger partial charge in [0.05, 0.1) is 6.04 Å². The fourth-order valence-corrected chi connectivity index (χ4v) is 4.78. The first-order valence-corrected chi connectivity index (χ1v) is 12.1. The Morgan fingerprint density at radius 2 is 1.67 bits per heavy atom. The molecule has 1 aromatic rings. The molecule has 0 aromatic heterocycles. The van der Waals surface area contributed by atoms with Crippen LogP contribution in [0.5, 0.6) is 11.5 Å². The number of nitrogens with one attached hydrogen (secondary N) is 3. The Bertz CT molecular complexity index is 862. The molecule has 2 fully saturated rings. The second-order valence-electron chi connectivity index (χ2n) is 9.13. The standard InChI is InChI=1S/C24H34N4O5/c1-16(28-11-9-18(10-12-28)25-23(30)17-5-3-2-4-6-17)22(29)27-24(31)26-19-7-8-20-21(15-19)33-14-13-32-20/h7-8,15-18H,2-6,9-14H2,1H3,(H,25,30)(H2,26,27,29,31). The SMILES string of the molecule is CC(C(=O)NC(=O)Nc1ccc2c(c1)OCCO2)N1CCC(NC(=O)C2CCCCC2)CC1. The average molecular weight is 459 g/mol. The van der Waals surface area contributed by atoms with Crippen LogP contribution in [0.3, 0.4) is 0 Å². The molecule has 1 aliphatic carbocycles.